The van der Waals surface area contributed by atoms with Crippen molar-refractivity contribution in [2.24, 2.45) is 0 Å². The van der Waals surface area contributed by atoms with Crippen molar-refractivity contribution in [3.05, 3.63) is 23.8 Å². The molecule has 0 saturated heterocycles. The Morgan fingerprint density at radius 3 is 2.16 bits per heavy atom. The summed E-state index contributed by atoms with van der Waals surface area (Å²) in [6.45, 7) is 3.55. The predicted molar refractivity (Wildman–Crippen MR) is 88.2 cm³/mol. The molecule has 0 aliphatic heterocycles. The number of benzene rings is 1. The molecule has 19 heavy (non-hydrogen) atoms. The lowest BCUT2D eigenvalue weighted by Gasteiger charge is -2.14. The highest BCUT2D eigenvalue weighted by Crippen LogP contribution is 2.31. The van der Waals surface area contributed by atoms with Crippen molar-refractivity contribution in [1.82, 2.24) is 0 Å². The Balaban J connectivity index is 2.51. The van der Waals surface area contributed by atoms with E-state index < -0.39 is 0 Å². The van der Waals surface area contributed by atoms with E-state index in [4.69, 9.17) is 9.47 Å². The Bertz CT molecular complexity index is 356. The minimum absolute atomic E-state index is 0.743. The normalized spacial score (nSPS) is 10.5. The van der Waals surface area contributed by atoms with Crippen molar-refractivity contribution in [2.45, 2.75) is 32.6 Å². The van der Waals surface area contributed by atoms with E-state index in [1.165, 1.54) is 0 Å². The van der Waals surface area contributed by atoms with Gasteiger partial charge in [0.1, 0.15) is 0 Å². The molecule has 2 nitrogen and oxygen atoms in total. The Labute approximate surface area is 133 Å². The summed E-state index contributed by atoms with van der Waals surface area (Å²) >= 11 is 6.86. The number of hydrogen-bond acceptors (Lipinski definition) is 2. The first kappa shape index (κ1) is 16.8. The Hall–Kier alpha value is -0.220. The van der Waals surface area contributed by atoms with Gasteiger partial charge in [-0.05, 0) is 44.2 Å². The van der Waals surface area contributed by atoms with Gasteiger partial charge in [-0.15, -0.1) is 0 Å². The van der Waals surface area contributed by atoms with Gasteiger partial charge >= 0.3 is 0 Å². The van der Waals surface area contributed by atoms with Gasteiger partial charge in [0.2, 0.25) is 0 Å². The molecule has 1 aromatic carbocycles. The minimum Gasteiger partial charge on any atom is -0.490 e. The van der Waals surface area contributed by atoms with Gasteiger partial charge in [-0.3, -0.25) is 0 Å². The van der Waals surface area contributed by atoms with E-state index in [1.54, 1.807) is 0 Å². The number of ether oxygens (including phenoxy) is 2. The number of unbranched alkanes of at least 4 members (excludes halogenated alkanes) is 2. The highest BCUT2D eigenvalue weighted by Gasteiger charge is 2.08. The van der Waals surface area contributed by atoms with E-state index in [-0.39, 0.29) is 0 Å². The van der Waals surface area contributed by atoms with Crippen LogP contribution in [0.2, 0.25) is 0 Å². The van der Waals surface area contributed by atoms with Crippen molar-refractivity contribution in [3.63, 3.8) is 0 Å². The summed E-state index contributed by atoms with van der Waals surface area (Å²) in [4.78, 5) is 0. The van der Waals surface area contributed by atoms with E-state index >= 15 is 0 Å². The van der Waals surface area contributed by atoms with E-state index in [9.17, 15) is 0 Å². The van der Waals surface area contributed by atoms with Crippen molar-refractivity contribution in [3.8, 4) is 11.5 Å². The zero-order valence-electron chi connectivity index (χ0n) is 11.5. The average molecular weight is 394 g/mol. The first-order valence-electron chi connectivity index (χ1n) is 6.76. The SMILES string of the molecule is Cc1cccc(OCCCCBr)c1OCCCCBr. The molecule has 0 aromatic heterocycles. The molecule has 0 bridgehead atoms. The Morgan fingerprint density at radius 2 is 1.53 bits per heavy atom. The van der Waals surface area contributed by atoms with Gasteiger partial charge in [0.15, 0.2) is 11.5 Å². The lowest BCUT2D eigenvalue weighted by atomic mass is 10.2. The number of alkyl halides is 2. The summed E-state index contributed by atoms with van der Waals surface area (Å²) in [6, 6.07) is 6.06. The molecule has 0 fully saturated rings. The van der Waals surface area contributed by atoms with Crippen LogP contribution in [0.4, 0.5) is 0 Å². The van der Waals surface area contributed by atoms with E-state index in [2.05, 4.69) is 44.8 Å². The summed E-state index contributed by atoms with van der Waals surface area (Å²) in [5.74, 6) is 1.77. The predicted octanol–water partition coefficient (Wildman–Crippen LogP) is 5.10. The van der Waals surface area contributed by atoms with Gasteiger partial charge in [-0.2, -0.15) is 0 Å². The highest BCUT2D eigenvalue weighted by atomic mass is 79.9. The minimum atomic E-state index is 0.743. The fraction of sp³-hybridized carbons (Fsp3) is 0.600. The maximum Gasteiger partial charge on any atom is 0.164 e. The molecule has 0 unspecified atom stereocenters. The Kier molecular flexibility index (Phi) is 9.35. The molecular formula is C15H22Br2O2. The molecule has 0 amide bonds. The van der Waals surface area contributed by atoms with E-state index in [1.807, 2.05) is 12.1 Å². The second-order valence-corrected chi connectivity index (χ2v) is 5.98. The molecule has 108 valence electrons. The summed E-state index contributed by atoms with van der Waals surface area (Å²) < 4.78 is 11.7. The largest absolute Gasteiger partial charge is 0.490 e. The van der Waals surface area contributed by atoms with Crippen LogP contribution in [-0.2, 0) is 0 Å². The summed E-state index contributed by atoms with van der Waals surface area (Å²) in [7, 11) is 0. The first-order chi connectivity index (χ1) is 9.29. The smallest absolute Gasteiger partial charge is 0.164 e. The van der Waals surface area contributed by atoms with Gasteiger partial charge in [-0.1, -0.05) is 44.0 Å². The van der Waals surface area contributed by atoms with Crippen LogP contribution < -0.4 is 9.47 Å². The second-order valence-electron chi connectivity index (χ2n) is 4.39. The summed E-state index contributed by atoms with van der Waals surface area (Å²) in [5.41, 5.74) is 1.14. The van der Waals surface area contributed by atoms with Crippen LogP contribution in [0.5, 0.6) is 11.5 Å². The monoisotopic (exact) mass is 392 g/mol. The maximum atomic E-state index is 5.87. The molecule has 0 N–H and O–H groups in total. The molecule has 0 atom stereocenters. The number of aryl methyl sites for hydroxylation is 1. The third-order valence-electron chi connectivity index (χ3n) is 2.74. The zero-order chi connectivity index (χ0) is 13.9. The Morgan fingerprint density at radius 1 is 0.895 bits per heavy atom. The molecule has 1 aromatic rings. The third-order valence-corrected chi connectivity index (χ3v) is 3.86. The number of rotatable bonds is 10. The summed E-state index contributed by atoms with van der Waals surface area (Å²) in [6.07, 6.45) is 4.38. The van der Waals surface area contributed by atoms with Crippen LogP contribution in [0.3, 0.4) is 0 Å². The van der Waals surface area contributed by atoms with Gasteiger partial charge < -0.3 is 9.47 Å². The van der Waals surface area contributed by atoms with Gasteiger partial charge in [0, 0.05) is 10.7 Å². The quantitative estimate of drug-likeness (QED) is 0.406. The van der Waals surface area contributed by atoms with E-state index in [0.29, 0.717) is 0 Å². The van der Waals surface area contributed by atoms with Crippen LogP contribution in [0.15, 0.2) is 18.2 Å². The fourth-order valence-corrected chi connectivity index (χ4v) is 2.47. The van der Waals surface area contributed by atoms with E-state index in [0.717, 1.165) is 66.6 Å². The fourth-order valence-electron chi connectivity index (χ4n) is 1.67. The zero-order valence-corrected chi connectivity index (χ0v) is 14.6. The molecular weight excluding hydrogens is 372 g/mol. The van der Waals surface area contributed by atoms with Crippen molar-refractivity contribution < 1.29 is 9.47 Å². The van der Waals surface area contributed by atoms with Crippen LogP contribution in [0.1, 0.15) is 31.2 Å². The van der Waals surface area contributed by atoms with Crippen LogP contribution in [0, 0.1) is 6.92 Å². The summed E-state index contributed by atoms with van der Waals surface area (Å²) in [5, 5.41) is 2.06. The van der Waals surface area contributed by atoms with Gasteiger partial charge in [-0.25, -0.2) is 0 Å². The van der Waals surface area contributed by atoms with Gasteiger partial charge in [0.25, 0.3) is 0 Å². The van der Waals surface area contributed by atoms with Crippen molar-refractivity contribution in [2.75, 3.05) is 23.9 Å². The number of hydrogen-bond donors (Lipinski definition) is 0. The third kappa shape index (κ3) is 6.66. The maximum absolute atomic E-state index is 5.87. The first-order valence-corrected chi connectivity index (χ1v) is 9.01. The molecule has 0 heterocycles. The molecule has 1 rings (SSSR count). The number of halogens is 2. The van der Waals surface area contributed by atoms with Crippen LogP contribution in [-0.4, -0.2) is 23.9 Å². The van der Waals surface area contributed by atoms with Gasteiger partial charge in [0.05, 0.1) is 13.2 Å². The molecule has 0 spiro atoms. The molecule has 0 radical (unpaired) electrons. The molecule has 0 saturated carbocycles. The van der Waals surface area contributed by atoms with Crippen LogP contribution >= 0.6 is 31.9 Å². The second kappa shape index (κ2) is 10.6. The molecule has 0 aliphatic carbocycles. The lowest BCUT2D eigenvalue weighted by molar-refractivity contribution is 0.261. The van der Waals surface area contributed by atoms with Crippen LogP contribution in [0.25, 0.3) is 0 Å². The lowest BCUT2D eigenvalue weighted by Crippen LogP contribution is -2.04. The molecule has 0 aliphatic rings. The highest BCUT2D eigenvalue weighted by molar-refractivity contribution is 9.09. The standard InChI is InChI=1S/C15H22Br2O2/c1-13-7-6-8-14(18-11-4-2-9-16)15(13)19-12-5-3-10-17/h6-8H,2-5,9-12H2,1H3. The molecule has 4 heteroatoms. The van der Waals surface area contributed by atoms with Crippen molar-refractivity contribution in [1.29, 1.82) is 0 Å². The van der Waals surface area contributed by atoms with Crippen molar-refractivity contribution >= 4 is 31.9 Å². The average Bonchev–Trinajstić information content (AvgIpc) is 2.42. The topological polar surface area (TPSA) is 18.5 Å². The number of para-hydroxylation sites is 1.